The Morgan fingerprint density at radius 1 is 1.40 bits per heavy atom. The van der Waals surface area contributed by atoms with Gasteiger partial charge < -0.3 is 15.8 Å². The third-order valence-corrected chi connectivity index (χ3v) is 3.81. The van der Waals surface area contributed by atoms with Gasteiger partial charge in [-0.05, 0) is 31.4 Å². The van der Waals surface area contributed by atoms with Crippen molar-refractivity contribution in [1.82, 2.24) is 0 Å². The molecule has 110 valence electrons. The lowest BCUT2D eigenvalue weighted by Gasteiger charge is -2.22. The number of hydrogen-bond donors (Lipinski definition) is 2. The fourth-order valence-corrected chi connectivity index (χ4v) is 2.49. The SMILES string of the molecule is CCCCOc1cccc(NC(=O)C2(N)CCCC2)c1. The largest absolute Gasteiger partial charge is 0.494 e. The molecular formula is C16H24N2O2. The highest BCUT2D eigenvalue weighted by Crippen LogP contribution is 2.29. The highest BCUT2D eigenvalue weighted by Gasteiger charge is 2.36. The summed E-state index contributed by atoms with van der Waals surface area (Å²) in [6.45, 7) is 2.83. The normalized spacial score (nSPS) is 16.9. The Morgan fingerprint density at radius 2 is 2.15 bits per heavy atom. The lowest BCUT2D eigenvalue weighted by molar-refractivity contribution is -0.121. The van der Waals surface area contributed by atoms with Crippen LogP contribution in [0.25, 0.3) is 0 Å². The number of nitrogens with one attached hydrogen (secondary N) is 1. The summed E-state index contributed by atoms with van der Waals surface area (Å²) < 4.78 is 5.64. The Bertz CT molecular complexity index is 454. The number of amides is 1. The number of unbranched alkanes of at least 4 members (excludes halogenated alkanes) is 1. The maximum Gasteiger partial charge on any atom is 0.244 e. The van der Waals surface area contributed by atoms with E-state index in [1.54, 1.807) is 0 Å². The van der Waals surface area contributed by atoms with Crippen molar-refractivity contribution in [3.8, 4) is 5.75 Å². The third kappa shape index (κ3) is 3.73. The maximum atomic E-state index is 12.2. The summed E-state index contributed by atoms with van der Waals surface area (Å²) in [7, 11) is 0. The van der Waals surface area contributed by atoms with Crippen molar-refractivity contribution in [1.29, 1.82) is 0 Å². The van der Waals surface area contributed by atoms with Crippen molar-refractivity contribution >= 4 is 11.6 Å². The number of rotatable bonds is 6. The molecule has 3 N–H and O–H groups in total. The van der Waals surface area contributed by atoms with Gasteiger partial charge in [0.2, 0.25) is 5.91 Å². The van der Waals surface area contributed by atoms with Gasteiger partial charge in [0.05, 0.1) is 12.1 Å². The molecule has 0 aliphatic heterocycles. The van der Waals surface area contributed by atoms with Crippen molar-refractivity contribution in [2.24, 2.45) is 5.73 Å². The molecule has 0 spiro atoms. The maximum absolute atomic E-state index is 12.2. The molecule has 1 saturated carbocycles. The van der Waals surface area contributed by atoms with Gasteiger partial charge in [0.1, 0.15) is 5.75 Å². The molecule has 1 aromatic rings. The average molecular weight is 276 g/mol. The van der Waals surface area contributed by atoms with Crippen LogP contribution in [0.15, 0.2) is 24.3 Å². The van der Waals surface area contributed by atoms with Crippen LogP contribution in [-0.2, 0) is 4.79 Å². The van der Waals surface area contributed by atoms with Crippen LogP contribution in [0.5, 0.6) is 5.75 Å². The number of ether oxygens (including phenoxy) is 1. The van der Waals surface area contributed by atoms with E-state index < -0.39 is 5.54 Å². The fraction of sp³-hybridized carbons (Fsp3) is 0.562. The summed E-state index contributed by atoms with van der Waals surface area (Å²) in [5, 5.41) is 2.91. The first-order valence-electron chi connectivity index (χ1n) is 7.47. The number of anilines is 1. The van der Waals surface area contributed by atoms with Crippen LogP contribution >= 0.6 is 0 Å². The highest BCUT2D eigenvalue weighted by molar-refractivity contribution is 5.98. The molecule has 0 aromatic heterocycles. The highest BCUT2D eigenvalue weighted by atomic mass is 16.5. The van der Waals surface area contributed by atoms with Crippen LogP contribution in [0.4, 0.5) is 5.69 Å². The van der Waals surface area contributed by atoms with Crippen molar-refractivity contribution in [2.45, 2.75) is 51.0 Å². The number of benzene rings is 1. The van der Waals surface area contributed by atoms with Crippen LogP contribution in [0.1, 0.15) is 45.4 Å². The molecule has 1 aliphatic carbocycles. The smallest absolute Gasteiger partial charge is 0.244 e. The molecule has 0 bridgehead atoms. The molecule has 4 nitrogen and oxygen atoms in total. The summed E-state index contributed by atoms with van der Waals surface area (Å²) in [5.41, 5.74) is 6.20. The van der Waals surface area contributed by atoms with E-state index >= 15 is 0 Å². The second-order valence-corrected chi connectivity index (χ2v) is 5.55. The Labute approximate surface area is 120 Å². The minimum Gasteiger partial charge on any atom is -0.494 e. The van der Waals surface area contributed by atoms with Crippen molar-refractivity contribution < 1.29 is 9.53 Å². The van der Waals surface area contributed by atoms with Gasteiger partial charge in [0.25, 0.3) is 0 Å². The van der Waals surface area contributed by atoms with E-state index in [2.05, 4.69) is 12.2 Å². The summed E-state index contributed by atoms with van der Waals surface area (Å²) in [6.07, 6.45) is 5.74. The zero-order valence-corrected chi connectivity index (χ0v) is 12.2. The molecule has 0 unspecified atom stereocenters. The Kier molecular flexibility index (Phi) is 5.01. The van der Waals surface area contributed by atoms with Crippen molar-refractivity contribution in [3.05, 3.63) is 24.3 Å². The van der Waals surface area contributed by atoms with Gasteiger partial charge in [0, 0.05) is 11.8 Å². The zero-order valence-electron chi connectivity index (χ0n) is 12.2. The average Bonchev–Trinajstić information content (AvgIpc) is 2.88. The Balaban J connectivity index is 1.95. The molecule has 0 atom stereocenters. The second kappa shape index (κ2) is 6.75. The van der Waals surface area contributed by atoms with E-state index in [4.69, 9.17) is 10.5 Å². The summed E-state index contributed by atoms with van der Waals surface area (Å²) in [6, 6.07) is 7.50. The second-order valence-electron chi connectivity index (χ2n) is 5.55. The first-order valence-corrected chi connectivity index (χ1v) is 7.47. The molecule has 1 amide bonds. The minimum absolute atomic E-state index is 0.0827. The van der Waals surface area contributed by atoms with Crippen LogP contribution in [0, 0.1) is 0 Å². The first-order chi connectivity index (χ1) is 9.64. The summed E-state index contributed by atoms with van der Waals surface area (Å²) in [5.74, 6) is 0.703. The molecule has 1 fully saturated rings. The number of carbonyl (C=O) groups excluding carboxylic acids is 1. The molecular weight excluding hydrogens is 252 g/mol. The van der Waals surface area contributed by atoms with E-state index in [0.717, 1.165) is 50.0 Å². The van der Waals surface area contributed by atoms with E-state index in [1.807, 2.05) is 24.3 Å². The molecule has 20 heavy (non-hydrogen) atoms. The molecule has 0 heterocycles. The standard InChI is InChI=1S/C16H24N2O2/c1-2-3-11-20-14-8-6-7-13(12-14)18-15(19)16(17)9-4-5-10-16/h6-8,12H,2-5,9-11,17H2,1H3,(H,18,19). The van der Waals surface area contributed by atoms with Crippen LogP contribution in [-0.4, -0.2) is 18.1 Å². The number of hydrogen-bond acceptors (Lipinski definition) is 3. The fourth-order valence-electron chi connectivity index (χ4n) is 2.49. The first kappa shape index (κ1) is 14.9. The number of nitrogens with two attached hydrogens (primary N) is 1. The lowest BCUT2D eigenvalue weighted by atomic mass is 9.98. The summed E-state index contributed by atoms with van der Waals surface area (Å²) >= 11 is 0. The molecule has 0 radical (unpaired) electrons. The topological polar surface area (TPSA) is 64.3 Å². The monoisotopic (exact) mass is 276 g/mol. The number of carbonyl (C=O) groups is 1. The summed E-state index contributed by atoms with van der Waals surface area (Å²) in [4.78, 5) is 12.2. The van der Waals surface area contributed by atoms with Gasteiger partial charge in [-0.25, -0.2) is 0 Å². The van der Waals surface area contributed by atoms with E-state index in [9.17, 15) is 4.79 Å². The third-order valence-electron chi connectivity index (χ3n) is 3.81. The molecule has 1 aliphatic rings. The predicted octanol–water partition coefficient (Wildman–Crippen LogP) is 3.08. The molecule has 0 saturated heterocycles. The van der Waals surface area contributed by atoms with E-state index in [0.29, 0.717) is 6.61 Å². The lowest BCUT2D eigenvalue weighted by Crippen LogP contribution is -2.48. The van der Waals surface area contributed by atoms with Crippen LogP contribution < -0.4 is 15.8 Å². The molecule has 2 rings (SSSR count). The van der Waals surface area contributed by atoms with Gasteiger partial charge in [-0.15, -0.1) is 0 Å². The van der Waals surface area contributed by atoms with Crippen LogP contribution in [0.3, 0.4) is 0 Å². The van der Waals surface area contributed by atoms with Gasteiger partial charge >= 0.3 is 0 Å². The zero-order chi connectivity index (χ0) is 14.4. The molecule has 1 aromatic carbocycles. The van der Waals surface area contributed by atoms with Crippen molar-refractivity contribution in [3.63, 3.8) is 0 Å². The van der Waals surface area contributed by atoms with Gasteiger partial charge in [-0.2, -0.15) is 0 Å². The predicted molar refractivity (Wildman–Crippen MR) is 80.9 cm³/mol. The van der Waals surface area contributed by atoms with Gasteiger partial charge in [-0.1, -0.05) is 32.3 Å². The van der Waals surface area contributed by atoms with Crippen LogP contribution in [0.2, 0.25) is 0 Å². The molecule has 4 heteroatoms. The van der Waals surface area contributed by atoms with Gasteiger partial charge in [0.15, 0.2) is 0 Å². The van der Waals surface area contributed by atoms with Gasteiger partial charge in [-0.3, -0.25) is 4.79 Å². The van der Waals surface area contributed by atoms with E-state index in [-0.39, 0.29) is 5.91 Å². The Morgan fingerprint density at radius 3 is 2.85 bits per heavy atom. The minimum atomic E-state index is -0.695. The quantitative estimate of drug-likeness (QED) is 0.785. The van der Waals surface area contributed by atoms with Crippen molar-refractivity contribution in [2.75, 3.05) is 11.9 Å². The van der Waals surface area contributed by atoms with E-state index in [1.165, 1.54) is 0 Å². The Hall–Kier alpha value is -1.55.